The van der Waals surface area contributed by atoms with Gasteiger partial charge in [0.1, 0.15) is 5.75 Å². The Hall–Kier alpha value is -1.24. The third-order valence-corrected chi connectivity index (χ3v) is 2.23. The van der Waals surface area contributed by atoms with Crippen LogP contribution in [0.25, 0.3) is 0 Å². The SMILES string of the molecule is C=[C]c1cc(CCCC)cc(OC)c1. The van der Waals surface area contributed by atoms with Crippen LogP contribution in [0.2, 0.25) is 0 Å². The van der Waals surface area contributed by atoms with Crippen LogP contribution in [0, 0.1) is 6.08 Å². The Morgan fingerprint density at radius 3 is 2.71 bits per heavy atom. The first-order valence-electron chi connectivity index (χ1n) is 5.01. The fraction of sp³-hybridized carbons (Fsp3) is 0.385. The maximum Gasteiger partial charge on any atom is 0.119 e. The van der Waals surface area contributed by atoms with Crippen molar-refractivity contribution in [3.8, 4) is 5.75 Å². The number of hydrogen-bond acceptors (Lipinski definition) is 1. The zero-order valence-corrected chi connectivity index (χ0v) is 8.97. The van der Waals surface area contributed by atoms with Crippen molar-refractivity contribution in [2.75, 3.05) is 7.11 Å². The molecule has 0 spiro atoms. The molecule has 0 fully saturated rings. The molecule has 0 atom stereocenters. The van der Waals surface area contributed by atoms with E-state index in [4.69, 9.17) is 4.74 Å². The van der Waals surface area contributed by atoms with E-state index in [0.29, 0.717) is 0 Å². The van der Waals surface area contributed by atoms with Gasteiger partial charge in [0.25, 0.3) is 0 Å². The average molecular weight is 189 g/mol. The number of unbranched alkanes of at least 4 members (excludes halogenated alkanes) is 1. The predicted molar refractivity (Wildman–Crippen MR) is 59.6 cm³/mol. The molecule has 0 aliphatic carbocycles. The molecule has 14 heavy (non-hydrogen) atoms. The highest BCUT2D eigenvalue weighted by Crippen LogP contribution is 2.18. The Labute approximate surface area is 86.4 Å². The van der Waals surface area contributed by atoms with Crippen molar-refractivity contribution in [3.05, 3.63) is 42.0 Å². The third-order valence-electron chi connectivity index (χ3n) is 2.23. The van der Waals surface area contributed by atoms with E-state index in [0.717, 1.165) is 17.7 Å². The fourth-order valence-corrected chi connectivity index (χ4v) is 1.41. The van der Waals surface area contributed by atoms with E-state index in [1.165, 1.54) is 18.4 Å². The van der Waals surface area contributed by atoms with Gasteiger partial charge in [-0.3, -0.25) is 0 Å². The largest absolute Gasteiger partial charge is 0.497 e. The summed E-state index contributed by atoms with van der Waals surface area (Å²) >= 11 is 0. The molecule has 1 aromatic rings. The van der Waals surface area contributed by atoms with Gasteiger partial charge in [0, 0.05) is 0 Å². The molecule has 0 aromatic heterocycles. The lowest BCUT2D eigenvalue weighted by Gasteiger charge is -2.06. The van der Waals surface area contributed by atoms with Gasteiger partial charge < -0.3 is 4.74 Å². The molecule has 1 nitrogen and oxygen atoms in total. The lowest BCUT2D eigenvalue weighted by atomic mass is 10.0. The van der Waals surface area contributed by atoms with E-state index in [2.05, 4.69) is 31.7 Å². The van der Waals surface area contributed by atoms with E-state index in [1.807, 2.05) is 6.07 Å². The molecule has 0 unspecified atom stereocenters. The lowest BCUT2D eigenvalue weighted by Crippen LogP contribution is -1.90. The van der Waals surface area contributed by atoms with Crippen molar-refractivity contribution in [1.29, 1.82) is 0 Å². The Bertz CT molecular complexity index is 302. The van der Waals surface area contributed by atoms with Crippen LogP contribution in [-0.4, -0.2) is 7.11 Å². The molecule has 75 valence electrons. The summed E-state index contributed by atoms with van der Waals surface area (Å²) in [7, 11) is 1.69. The average Bonchev–Trinajstić information content (AvgIpc) is 2.25. The maximum atomic E-state index is 5.21. The zero-order valence-electron chi connectivity index (χ0n) is 8.97. The minimum absolute atomic E-state index is 0.893. The molecule has 0 aliphatic rings. The molecule has 0 saturated carbocycles. The van der Waals surface area contributed by atoms with Gasteiger partial charge in [-0.1, -0.05) is 26.0 Å². The first kappa shape index (κ1) is 10.8. The molecule has 0 bridgehead atoms. The van der Waals surface area contributed by atoms with Crippen LogP contribution in [0.15, 0.2) is 24.8 Å². The second kappa shape index (κ2) is 5.48. The molecule has 0 saturated heterocycles. The molecule has 1 radical (unpaired) electrons. The summed E-state index contributed by atoms with van der Waals surface area (Å²) in [5.74, 6) is 0.893. The van der Waals surface area contributed by atoms with Crippen LogP contribution in [-0.2, 0) is 6.42 Å². The van der Waals surface area contributed by atoms with Gasteiger partial charge in [-0.2, -0.15) is 0 Å². The molecule has 0 heterocycles. The van der Waals surface area contributed by atoms with Crippen LogP contribution in [0.4, 0.5) is 0 Å². The summed E-state index contributed by atoms with van der Waals surface area (Å²) in [6.07, 6.45) is 6.41. The van der Waals surface area contributed by atoms with Crippen molar-refractivity contribution in [2.24, 2.45) is 0 Å². The van der Waals surface area contributed by atoms with E-state index in [-0.39, 0.29) is 0 Å². The Kier molecular flexibility index (Phi) is 4.24. The zero-order chi connectivity index (χ0) is 10.4. The van der Waals surface area contributed by atoms with Gasteiger partial charge in [0.15, 0.2) is 0 Å². The van der Waals surface area contributed by atoms with E-state index < -0.39 is 0 Å². The molecule has 0 N–H and O–H groups in total. The van der Waals surface area contributed by atoms with Crippen molar-refractivity contribution in [3.63, 3.8) is 0 Å². The smallest absolute Gasteiger partial charge is 0.119 e. The van der Waals surface area contributed by atoms with Crippen LogP contribution in [0.3, 0.4) is 0 Å². The number of rotatable bonds is 5. The second-order valence-corrected chi connectivity index (χ2v) is 3.35. The second-order valence-electron chi connectivity index (χ2n) is 3.35. The third kappa shape index (κ3) is 2.91. The summed E-state index contributed by atoms with van der Waals surface area (Å²) in [5.41, 5.74) is 2.31. The van der Waals surface area contributed by atoms with Gasteiger partial charge in [-0.05, 0) is 42.2 Å². The Morgan fingerprint density at radius 2 is 2.14 bits per heavy atom. The summed E-state index contributed by atoms with van der Waals surface area (Å²) in [6.45, 7) is 5.84. The molecule has 1 aromatic carbocycles. The number of methoxy groups -OCH3 is 1. The van der Waals surface area contributed by atoms with Gasteiger partial charge >= 0.3 is 0 Å². The Morgan fingerprint density at radius 1 is 1.36 bits per heavy atom. The minimum Gasteiger partial charge on any atom is -0.497 e. The summed E-state index contributed by atoms with van der Waals surface area (Å²) in [5, 5.41) is 0. The highest BCUT2D eigenvalue weighted by molar-refractivity contribution is 5.37. The maximum absolute atomic E-state index is 5.21. The van der Waals surface area contributed by atoms with Crippen LogP contribution in [0.5, 0.6) is 5.75 Å². The van der Waals surface area contributed by atoms with Crippen molar-refractivity contribution >= 4 is 0 Å². The molecule has 0 aliphatic heterocycles. The van der Waals surface area contributed by atoms with Crippen molar-refractivity contribution < 1.29 is 4.74 Å². The standard InChI is InChI=1S/C13H17O/c1-4-6-7-12-8-11(5-2)9-13(10-12)14-3/h8-10H,2,4,6-7H2,1,3H3. The van der Waals surface area contributed by atoms with E-state index in [1.54, 1.807) is 7.11 Å². The van der Waals surface area contributed by atoms with Crippen molar-refractivity contribution in [1.82, 2.24) is 0 Å². The minimum atomic E-state index is 0.893. The molecule has 0 amide bonds. The topological polar surface area (TPSA) is 9.23 Å². The summed E-state index contributed by atoms with van der Waals surface area (Å²) < 4.78 is 5.21. The Balaban J connectivity index is 2.86. The monoisotopic (exact) mass is 189 g/mol. The fourth-order valence-electron chi connectivity index (χ4n) is 1.41. The first-order chi connectivity index (χ1) is 6.80. The summed E-state index contributed by atoms with van der Waals surface area (Å²) in [6, 6.07) is 6.14. The molecular weight excluding hydrogens is 172 g/mol. The molecule has 1 heteroatoms. The highest BCUT2D eigenvalue weighted by Gasteiger charge is 1.99. The summed E-state index contributed by atoms with van der Waals surface area (Å²) in [4.78, 5) is 0. The number of benzene rings is 1. The van der Waals surface area contributed by atoms with Crippen LogP contribution in [0.1, 0.15) is 30.9 Å². The van der Waals surface area contributed by atoms with Gasteiger partial charge in [-0.15, -0.1) is 0 Å². The predicted octanol–water partition coefficient (Wildman–Crippen LogP) is 3.38. The van der Waals surface area contributed by atoms with Gasteiger partial charge in [0.2, 0.25) is 0 Å². The molecular formula is C13H17O. The van der Waals surface area contributed by atoms with E-state index >= 15 is 0 Å². The van der Waals surface area contributed by atoms with Crippen LogP contribution >= 0.6 is 0 Å². The first-order valence-corrected chi connectivity index (χ1v) is 5.01. The lowest BCUT2D eigenvalue weighted by molar-refractivity contribution is 0.414. The van der Waals surface area contributed by atoms with Crippen LogP contribution < -0.4 is 4.74 Å². The highest BCUT2D eigenvalue weighted by atomic mass is 16.5. The van der Waals surface area contributed by atoms with E-state index in [9.17, 15) is 0 Å². The number of aryl methyl sites for hydroxylation is 1. The molecule has 1 rings (SSSR count). The quantitative estimate of drug-likeness (QED) is 0.690. The van der Waals surface area contributed by atoms with Gasteiger partial charge in [0.05, 0.1) is 7.11 Å². The van der Waals surface area contributed by atoms with Gasteiger partial charge in [-0.25, -0.2) is 0 Å². The normalized spacial score (nSPS) is 9.86. The van der Waals surface area contributed by atoms with Crippen molar-refractivity contribution in [2.45, 2.75) is 26.2 Å². The number of hydrogen-bond donors (Lipinski definition) is 0. The number of ether oxygens (including phenoxy) is 1.